The molecule has 2 aliphatic rings. The minimum absolute atomic E-state index is 0.0165. The van der Waals surface area contributed by atoms with Crippen molar-refractivity contribution < 1.29 is 9.53 Å². The highest BCUT2D eigenvalue weighted by Crippen LogP contribution is 2.50. The Balaban J connectivity index is 1.97. The highest BCUT2D eigenvalue weighted by molar-refractivity contribution is 6.30. The molecule has 3 nitrogen and oxygen atoms in total. The Hall–Kier alpha value is -2.26. The van der Waals surface area contributed by atoms with Crippen molar-refractivity contribution in [1.82, 2.24) is 4.90 Å². The number of para-hydroxylation sites is 1. The SMILES string of the molecule is C=CN1CC2c3cc(Cl)ccc3Oc3ccccc3C2C1=O. The zero-order valence-electron chi connectivity index (χ0n) is 11.8. The third-order valence-electron chi connectivity index (χ3n) is 4.41. The third kappa shape index (κ3) is 1.86. The molecule has 0 N–H and O–H groups in total. The molecule has 1 fully saturated rings. The Bertz CT molecular complexity index is 786. The standard InChI is InChI=1S/C18H14ClNO2/c1-2-20-10-14-13-9-11(19)7-8-16(13)22-15-6-4-3-5-12(15)17(14)18(20)21/h2-9,14,17H,1,10H2. The fraction of sp³-hybridized carbons (Fsp3) is 0.167. The first-order valence-electron chi connectivity index (χ1n) is 7.18. The lowest BCUT2D eigenvalue weighted by Crippen LogP contribution is -2.20. The number of hydrogen-bond donors (Lipinski definition) is 0. The second-order valence-corrected chi connectivity index (χ2v) is 6.02. The Morgan fingerprint density at radius 3 is 2.77 bits per heavy atom. The van der Waals surface area contributed by atoms with Gasteiger partial charge in [-0.25, -0.2) is 0 Å². The van der Waals surface area contributed by atoms with Crippen molar-refractivity contribution in [2.45, 2.75) is 11.8 Å². The van der Waals surface area contributed by atoms with E-state index in [-0.39, 0.29) is 17.7 Å². The van der Waals surface area contributed by atoms with Crippen LogP contribution in [0.5, 0.6) is 11.5 Å². The second-order valence-electron chi connectivity index (χ2n) is 5.58. The van der Waals surface area contributed by atoms with Gasteiger partial charge >= 0.3 is 0 Å². The summed E-state index contributed by atoms with van der Waals surface area (Å²) in [6, 6.07) is 13.3. The van der Waals surface area contributed by atoms with E-state index < -0.39 is 0 Å². The van der Waals surface area contributed by atoms with Gasteiger partial charge in [0.25, 0.3) is 0 Å². The summed E-state index contributed by atoms with van der Waals surface area (Å²) in [5.74, 6) is 1.32. The van der Waals surface area contributed by atoms with Crippen LogP contribution in [0, 0.1) is 0 Å². The van der Waals surface area contributed by atoms with E-state index in [1.165, 1.54) is 0 Å². The molecule has 0 aliphatic carbocycles. The van der Waals surface area contributed by atoms with Gasteiger partial charge in [-0.1, -0.05) is 36.4 Å². The first kappa shape index (κ1) is 13.4. The quantitative estimate of drug-likeness (QED) is 0.786. The van der Waals surface area contributed by atoms with E-state index in [1.54, 1.807) is 11.1 Å². The topological polar surface area (TPSA) is 29.5 Å². The minimum Gasteiger partial charge on any atom is -0.457 e. The monoisotopic (exact) mass is 311 g/mol. The molecular formula is C18H14ClNO2. The van der Waals surface area contributed by atoms with Crippen LogP contribution in [0.3, 0.4) is 0 Å². The number of likely N-dealkylation sites (tertiary alicyclic amines) is 1. The van der Waals surface area contributed by atoms with Gasteiger partial charge in [0.15, 0.2) is 0 Å². The number of rotatable bonds is 1. The van der Waals surface area contributed by atoms with Gasteiger partial charge < -0.3 is 9.64 Å². The van der Waals surface area contributed by atoms with Crippen molar-refractivity contribution in [3.8, 4) is 11.5 Å². The molecule has 4 heteroatoms. The molecular weight excluding hydrogens is 298 g/mol. The fourth-order valence-electron chi connectivity index (χ4n) is 3.40. The molecule has 2 aromatic carbocycles. The predicted octanol–water partition coefficient (Wildman–Crippen LogP) is 4.30. The van der Waals surface area contributed by atoms with Gasteiger partial charge in [-0.3, -0.25) is 4.79 Å². The number of carbonyl (C=O) groups is 1. The number of amides is 1. The van der Waals surface area contributed by atoms with Crippen LogP contribution >= 0.6 is 11.6 Å². The van der Waals surface area contributed by atoms with Crippen LogP contribution in [0.15, 0.2) is 55.2 Å². The van der Waals surface area contributed by atoms with Crippen LogP contribution in [0.25, 0.3) is 0 Å². The van der Waals surface area contributed by atoms with Crippen LogP contribution in [-0.4, -0.2) is 17.4 Å². The van der Waals surface area contributed by atoms with E-state index >= 15 is 0 Å². The molecule has 2 aliphatic heterocycles. The molecule has 1 saturated heterocycles. The Labute approximate surface area is 133 Å². The summed E-state index contributed by atoms with van der Waals surface area (Å²) < 4.78 is 6.06. The highest BCUT2D eigenvalue weighted by Gasteiger charge is 2.45. The van der Waals surface area contributed by atoms with E-state index in [0.717, 1.165) is 22.6 Å². The van der Waals surface area contributed by atoms with Crippen LogP contribution in [-0.2, 0) is 4.79 Å². The van der Waals surface area contributed by atoms with E-state index in [0.29, 0.717) is 11.6 Å². The van der Waals surface area contributed by atoms with Crippen LogP contribution in [0.2, 0.25) is 5.02 Å². The van der Waals surface area contributed by atoms with E-state index in [4.69, 9.17) is 16.3 Å². The zero-order chi connectivity index (χ0) is 15.3. The van der Waals surface area contributed by atoms with Crippen molar-refractivity contribution >= 4 is 17.5 Å². The molecule has 110 valence electrons. The van der Waals surface area contributed by atoms with Gasteiger partial charge in [0.05, 0.1) is 5.92 Å². The maximum absolute atomic E-state index is 12.7. The smallest absolute Gasteiger partial charge is 0.234 e. The summed E-state index contributed by atoms with van der Waals surface area (Å²) in [5.41, 5.74) is 1.90. The average Bonchev–Trinajstić information content (AvgIpc) is 2.79. The molecule has 2 aromatic rings. The van der Waals surface area contributed by atoms with E-state index in [9.17, 15) is 4.79 Å². The molecule has 0 spiro atoms. The number of carbonyl (C=O) groups excluding carboxylic acids is 1. The van der Waals surface area contributed by atoms with Crippen molar-refractivity contribution in [2.75, 3.05) is 6.54 Å². The lowest BCUT2D eigenvalue weighted by Gasteiger charge is -2.15. The van der Waals surface area contributed by atoms with Gasteiger partial charge in [0, 0.05) is 28.6 Å². The number of halogens is 1. The summed E-state index contributed by atoms with van der Waals surface area (Å²) in [6.45, 7) is 4.35. The molecule has 0 radical (unpaired) electrons. The van der Waals surface area contributed by atoms with Crippen LogP contribution in [0.1, 0.15) is 23.0 Å². The van der Waals surface area contributed by atoms with Gasteiger partial charge in [-0.15, -0.1) is 0 Å². The van der Waals surface area contributed by atoms with Gasteiger partial charge in [0.1, 0.15) is 11.5 Å². The molecule has 2 atom stereocenters. The molecule has 0 saturated carbocycles. The lowest BCUT2D eigenvalue weighted by atomic mass is 9.84. The summed E-state index contributed by atoms with van der Waals surface area (Å²) in [6.07, 6.45) is 1.60. The fourth-order valence-corrected chi connectivity index (χ4v) is 3.58. The molecule has 0 aromatic heterocycles. The molecule has 22 heavy (non-hydrogen) atoms. The van der Waals surface area contributed by atoms with Crippen molar-refractivity contribution in [3.05, 3.63) is 71.4 Å². The minimum atomic E-state index is -0.256. The predicted molar refractivity (Wildman–Crippen MR) is 85.4 cm³/mol. The number of fused-ring (bicyclic) bond motifs is 5. The van der Waals surface area contributed by atoms with Crippen LogP contribution < -0.4 is 4.74 Å². The first-order chi connectivity index (χ1) is 10.7. The molecule has 4 rings (SSSR count). The highest BCUT2D eigenvalue weighted by atomic mass is 35.5. The third-order valence-corrected chi connectivity index (χ3v) is 4.65. The van der Waals surface area contributed by atoms with Crippen LogP contribution in [0.4, 0.5) is 0 Å². The van der Waals surface area contributed by atoms with Crippen molar-refractivity contribution in [1.29, 1.82) is 0 Å². The summed E-state index contributed by atoms with van der Waals surface area (Å²) in [5, 5.41) is 0.650. The van der Waals surface area contributed by atoms with Crippen molar-refractivity contribution in [2.24, 2.45) is 0 Å². The van der Waals surface area contributed by atoms with Gasteiger partial charge in [-0.2, -0.15) is 0 Å². The molecule has 1 amide bonds. The maximum atomic E-state index is 12.7. The number of benzene rings is 2. The number of ether oxygens (including phenoxy) is 1. The number of nitrogens with zero attached hydrogens (tertiary/aromatic N) is 1. The zero-order valence-corrected chi connectivity index (χ0v) is 12.6. The Morgan fingerprint density at radius 2 is 1.95 bits per heavy atom. The maximum Gasteiger partial charge on any atom is 0.234 e. The normalized spacial score (nSPS) is 22.2. The Kier molecular flexibility index (Phi) is 2.98. The summed E-state index contributed by atoms with van der Waals surface area (Å²) in [4.78, 5) is 14.4. The van der Waals surface area contributed by atoms with Crippen molar-refractivity contribution in [3.63, 3.8) is 0 Å². The lowest BCUT2D eigenvalue weighted by molar-refractivity contribution is -0.126. The molecule has 2 unspecified atom stereocenters. The molecule has 0 bridgehead atoms. The largest absolute Gasteiger partial charge is 0.457 e. The first-order valence-corrected chi connectivity index (χ1v) is 7.56. The average molecular weight is 312 g/mol. The van der Waals surface area contributed by atoms with Gasteiger partial charge in [-0.05, 0) is 30.5 Å². The summed E-state index contributed by atoms with van der Waals surface area (Å²) >= 11 is 6.16. The number of hydrogen-bond acceptors (Lipinski definition) is 2. The van der Waals surface area contributed by atoms with E-state index in [2.05, 4.69) is 6.58 Å². The molecule has 2 heterocycles. The second kappa shape index (κ2) is 4.89. The van der Waals surface area contributed by atoms with E-state index in [1.807, 2.05) is 42.5 Å². The van der Waals surface area contributed by atoms with Gasteiger partial charge in [0.2, 0.25) is 5.91 Å². The Morgan fingerprint density at radius 1 is 1.18 bits per heavy atom. The summed E-state index contributed by atoms with van der Waals surface area (Å²) in [7, 11) is 0.